The van der Waals surface area contributed by atoms with Crippen LogP contribution in [-0.2, 0) is 4.79 Å². The van der Waals surface area contributed by atoms with Crippen LogP contribution in [0.15, 0.2) is 0 Å². The van der Waals surface area contributed by atoms with Crippen molar-refractivity contribution in [2.75, 3.05) is 11.5 Å². The number of rotatable bonds is 1. The first-order chi connectivity index (χ1) is 5.36. The van der Waals surface area contributed by atoms with E-state index in [1.54, 1.807) is 0 Å². The largest absolute Gasteiger partial charge is 0.479 e. The van der Waals surface area contributed by atoms with Crippen LogP contribution in [-0.4, -0.2) is 33.3 Å². The second-order valence-electron chi connectivity index (χ2n) is 4.17. The van der Waals surface area contributed by atoms with Gasteiger partial charge >= 0.3 is 5.97 Å². The van der Waals surface area contributed by atoms with Gasteiger partial charge in [-0.1, -0.05) is 13.8 Å². The maximum absolute atomic E-state index is 10.7. The minimum atomic E-state index is -1.51. The molecular formula is C8H14O3S. The standard InChI is InChI=1S/C8H14O3S/c1-7(2)3-8(11,6(9)10)5-12-4-7/h11H,3-5H2,1-2H3,(H,9,10). The predicted octanol–water partition coefficient (Wildman–Crippen LogP) is 0.965. The molecule has 2 N–H and O–H groups in total. The van der Waals surface area contributed by atoms with Gasteiger partial charge in [-0.2, -0.15) is 11.8 Å². The quantitative estimate of drug-likeness (QED) is 0.646. The zero-order valence-electron chi connectivity index (χ0n) is 7.33. The van der Waals surface area contributed by atoms with Gasteiger partial charge in [0.2, 0.25) is 0 Å². The first-order valence-electron chi connectivity index (χ1n) is 3.89. The Morgan fingerprint density at radius 3 is 2.33 bits per heavy atom. The smallest absolute Gasteiger partial charge is 0.336 e. The van der Waals surface area contributed by atoms with E-state index in [4.69, 9.17) is 5.11 Å². The molecule has 1 saturated heterocycles. The molecule has 1 aliphatic rings. The van der Waals surface area contributed by atoms with Crippen molar-refractivity contribution in [1.82, 2.24) is 0 Å². The van der Waals surface area contributed by atoms with Crippen LogP contribution in [0, 0.1) is 5.41 Å². The molecule has 0 aromatic heterocycles. The Balaban J connectivity index is 2.74. The molecule has 0 aromatic carbocycles. The monoisotopic (exact) mass is 190 g/mol. The van der Waals surface area contributed by atoms with Gasteiger partial charge in [0, 0.05) is 5.75 Å². The fourth-order valence-electron chi connectivity index (χ4n) is 1.53. The third kappa shape index (κ3) is 1.93. The van der Waals surface area contributed by atoms with Crippen LogP contribution < -0.4 is 0 Å². The first kappa shape index (κ1) is 9.86. The van der Waals surface area contributed by atoms with E-state index in [0.717, 1.165) is 5.75 Å². The second-order valence-corrected chi connectivity index (χ2v) is 5.16. The Labute approximate surface area is 76.2 Å². The van der Waals surface area contributed by atoms with Crippen molar-refractivity contribution in [1.29, 1.82) is 0 Å². The summed E-state index contributed by atoms with van der Waals surface area (Å²) in [6.45, 7) is 3.96. The highest BCUT2D eigenvalue weighted by atomic mass is 32.2. The lowest BCUT2D eigenvalue weighted by Crippen LogP contribution is -2.48. The fourth-order valence-corrected chi connectivity index (χ4v) is 2.85. The highest BCUT2D eigenvalue weighted by Crippen LogP contribution is 2.39. The van der Waals surface area contributed by atoms with Crippen molar-refractivity contribution in [3.05, 3.63) is 0 Å². The van der Waals surface area contributed by atoms with Gasteiger partial charge in [0.25, 0.3) is 0 Å². The third-order valence-electron chi connectivity index (χ3n) is 2.00. The molecule has 0 spiro atoms. The van der Waals surface area contributed by atoms with Gasteiger partial charge in [-0.25, -0.2) is 4.79 Å². The van der Waals surface area contributed by atoms with Gasteiger partial charge in [-0.15, -0.1) is 0 Å². The third-order valence-corrected chi connectivity index (χ3v) is 3.67. The molecule has 4 heteroatoms. The Bertz CT molecular complexity index is 202. The van der Waals surface area contributed by atoms with E-state index >= 15 is 0 Å². The van der Waals surface area contributed by atoms with Gasteiger partial charge in [-0.05, 0) is 17.6 Å². The number of carboxylic acid groups (broad SMARTS) is 1. The van der Waals surface area contributed by atoms with Crippen LogP contribution in [0.4, 0.5) is 0 Å². The number of hydrogen-bond donors (Lipinski definition) is 2. The maximum Gasteiger partial charge on any atom is 0.336 e. The number of aliphatic carboxylic acids is 1. The average molecular weight is 190 g/mol. The van der Waals surface area contributed by atoms with Crippen LogP contribution in [0.3, 0.4) is 0 Å². The molecule has 1 unspecified atom stereocenters. The average Bonchev–Trinajstić information content (AvgIpc) is 1.83. The van der Waals surface area contributed by atoms with Crippen LogP contribution in [0.5, 0.6) is 0 Å². The van der Waals surface area contributed by atoms with E-state index in [-0.39, 0.29) is 5.41 Å². The zero-order chi connectivity index (χ0) is 9.41. The first-order valence-corrected chi connectivity index (χ1v) is 5.05. The SMILES string of the molecule is CC1(C)CSCC(O)(C(=O)O)C1. The molecular weight excluding hydrogens is 176 g/mol. The summed E-state index contributed by atoms with van der Waals surface area (Å²) in [4.78, 5) is 10.7. The molecule has 0 amide bonds. The van der Waals surface area contributed by atoms with Gasteiger partial charge in [0.05, 0.1) is 0 Å². The minimum absolute atomic E-state index is 0.0734. The molecule has 0 radical (unpaired) electrons. The van der Waals surface area contributed by atoms with Gasteiger partial charge in [0.15, 0.2) is 5.60 Å². The molecule has 1 rings (SSSR count). The second kappa shape index (κ2) is 2.92. The van der Waals surface area contributed by atoms with Gasteiger partial charge < -0.3 is 10.2 Å². The Kier molecular flexibility index (Phi) is 2.40. The normalized spacial score (nSPS) is 34.6. The number of thioether (sulfide) groups is 1. The van der Waals surface area contributed by atoms with Crippen molar-refractivity contribution < 1.29 is 15.0 Å². The molecule has 0 saturated carbocycles. The van der Waals surface area contributed by atoms with Crippen molar-refractivity contribution in [3.63, 3.8) is 0 Å². The summed E-state index contributed by atoms with van der Waals surface area (Å²) in [6, 6.07) is 0. The lowest BCUT2D eigenvalue weighted by atomic mass is 9.82. The summed E-state index contributed by atoms with van der Waals surface area (Å²) in [5, 5.41) is 18.4. The minimum Gasteiger partial charge on any atom is -0.479 e. The number of carboxylic acids is 1. The van der Waals surface area contributed by atoms with Crippen LogP contribution in [0.25, 0.3) is 0 Å². The molecule has 70 valence electrons. The molecule has 3 nitrogen and oxygen atoms in total. The molecule has 1 fully saturated rings. The highest BCUT2D eigenvalue weighted by molar-refractivity contribution is 7.99. The topological polar surface area (TPSA) is 57.5 Å². The Hall–Kier alpha value is -0.220. The molecule has 1 atom stereocenters. The van der Waals surface area contributed by atoms with Crippen molar-refractivity contribution in [2.45, 2.75) is 25.9 Å². The van der Waals surface area contributed by atoms with E-state index < -0.39 is 11.6 Å². The highest BCUT2D eigenvalue weighted by Gasteiger charge is 2.44. The molecule has 0 aliphatic carbocycles. The Morgan fingerprint density at radius 1 is 1.42 bits per heavy atom. The Morgan fingerprint density at radius 2 is 2.00 bits per heavy atom. The summed E-state index contributed by atoms with van der Waals surface area (Å²) in [5.41, 5.74) is -1.58. The molecule has 1 heterocycles. The molecule has 12 heavy (non-hydrogen) atoms. The van der Waals surface area contributed by atoms with Crippen molar-refractivity contribution in [2.24, 2.45) is 5.41 Å². The lowest BCUT2D eigenvalue weighted by molar-refractivity contribution is -0.159. The summed E-state index contributed by atoms with van der Waals surface area (Å²) in [5.74, 6) is 0.136. The van der Waals surface area contributed by atoms with Gasteiger partial charge in [0.1, 0.15) is 0 Å². The summed E-state index contributed by atoms with van der Waals surface area (Å²) in [7, 11) is 0. The molecule has 1 aliphatic heterocycles. The summed E-state index contributed by atoms with van der Waals surface area (Å²) < 4.78 is 0. The molecule has 0 bridgehead atoms. The number of carbonyl (C=O) groups is 1. The summed E-state index contributed by atoms with van der Waals surface area (Å²) in [6.07, 6.45) is 0.350. The van der Waals surface area contributed by atoms with E-state index in [1.807, 2.05) is 13.8 Å². The lowest BCUT2D eigenvalue weighted by Gasteiger charge is -2.38. The number of aliphatic hydroxyl groups is 1. The van der Waals surface area contributed by atoms with Crippen molar-refractivity contribution in [3.8, 4) is 0 Å². The summed E-state index contributed by atoms with van der Waals surface area (Å²) >= 11 is 1.51. The van der Waals surface area contributed by atoms with Gasteiger partial charge in [-0.3, -0.25) is 0 Å². The molecule has 0 aromatic rings. The van der Waals surface area contributed by atoms with E-state index in [1.165, 1.54) is 11.8 Å². The van der Waals surface area contributed by atoms with Crippen LogP contribution in [0.1, 0.15) is 20.3 Å². The fraction of sp³-hybridized carbons (Fsp3) is 0.875. The predicted molar refractivity (Wildman–Crippen MR) is 48.3 cm³/mol. The number of hydrogen-bond acceptors (Lipinski definition) is 3. The van der Waals surface area contributed by atoms with E-state index in [0.29, 0.717) is 12.2 Å². The zero-order valence-corrected chi connectivity index (χ0v) is 8.15. The maximum atomic E-state index is 10.7. The van der Waals surface area contributed by atoms with Crippen LogP contribution >= 0.6 is 11.8 Å². The van der Waals surface area contributed by atoms with E-state index in [9.17, 15) is 9.90 Å². The van der Waals surface area contributed by atoms with Crippen LogP contribution in [0.2, 0.25) is 0 Å². The van der Waals surface area contributed by atoms with E-state index in [2.05, 4.69) is 0 Å². The van der Waals surface area contributed by atoms with Crippen molar-refractivity contribution >= 4 is 17.7 Å².